The Morgan fingerprint density at radius 2 is 2.33 bits per heavy atom. The van der Waals surface area contributed by atoms with Crippen molar-refractivity contribution in [2.45, 2.75) is 19.4 Å². The van der Waals surface area contributed by atoms with Gasteiger partial charge in [0.15, 0.2) is 5.65 Å². The highest BCUT2D eigenvalue weighted by atomic mass is 32.1. The second-order valence-corrected chi connectivity index (χ2v) is 5.31. The van der Waals surface area contributed by atoms with Gasteiger partial charge in [0, 0.05) is 29.6 Å². The third kappa shape index (κ3) is 2.36. The first-order valence-electron chi connectivity index (χ1n) is 5.90. The van der Waals surface area contributed by atoms with Gasteiger partial charge < -0.3 is 5.32 Å². The molecule has 0 saturated carbocycles. The molecule has 1 atom stereocenters. The maximum atomic E-state index is 4.50. The maximum Gasteiger partial charge on any atom is 0.157 e. The number of nitrogens with zero attached hydrogens (tertiary/aromatic N) is 3. The Balaban J connectivity index is 1.71. The summed E-state index contributed by atoms with van der Waals surface area (Å²) in [6, 6.07) is 8.46. The van der Waals surface area contributed by atoms with E-state index >= 15 is 0 Å². The first-order valence-corrected chi connectivity index (χ1v) is 6.78. The van der Waals surface area contributed by atoms with Gasteiger partial charge in [0.1, 0.15) is 5.82 Å². The largest absolute Gasteiger partial charge is 0.367 e. The predicted molar refractivity (Wildman–Crippen MR) is 74.1 cm³/mol. The average molecular weight is 258 g/mol. The Kier molecular flexibility index (Phi) is 2.98. The molecular weight excluding hydrogens is 244 g/mol. The molecule has 5 heteroatoms. The van der Waals surface area contributed by atoms with E-state index in [1.165, 1.54) is 4.88 Å². The van der Waals surface area contributed by atoms with Gasteiger partial charge in [0.25, 0.3) is 0 Å². The predicted octanol–water partition coefficient (Wildman–Crippen LogP) is 2.83. The van der Waals surface area contributed by atoms with Crippen LogP contribution in [-0.2, 0) is 6.42 Å². The highest BCUT2D eigenvalue weighted by Crippen LogP contribution is 2.14. The second-order valence-electron chi connectivity index (χ2n) is 4.28. The van der Waals surface area contributed by atoms with E-state index in [0.29, 0.717) is 6.04 Å². The van der Waals surface area contributed by atoms with Crippen LogP contribution in [0.15, 0.2) is 42.0 Å². The summed E-state index contributed by atoms with van der Waals surface area (Å²) < 4.78 is 1.76. The first kappa shape index (κ1) is 11.2. The zero-order valence-electron chi connectivity index (χ0n) is 10.1. The Morgan fingerprint density at radius 3 is 3.17 bits per heavy atom. The molecule has 1 unspecified atom stereocenters. The number of fused-ring (bicyclic) bond motifs is 1. The zero-order valence-corrected chi connectivity index (χ0v) is 10.9. The van der Waals surface area contributed by atoms with Crippen LogP contribution in [-0.4, -0.2) is 20.6 Å². The Hall–Kier alpha value is -1.88. The molecule has 3 heterocycles. The van der Waals surface area contributed by atoms with Gasteiger partial charge in [-0.05, 0) is 24.4 Å². The normalized spacial score (nSPS) is 12.7. The summed E-state index contributed by atoms with van der Waals surface area (Å²) in [4.78, 5) is 5.89. The van der Waals surface area contributed by atoms with E-state index in [0.717, 1.165) is 17.9 Å². The van der Waals surface area contributed by atoms with Crippen LogP contribution in [0.2, 0.25) is 0 Å². The van der Waals surface area contributed by atoms with Gasteiger partial charge in [-0.15, -0.1) is 11.3 Å². The number of hydrogen-bond donors (Lipinski definition) is 1. The quantitative estimate of drug-likeness (QED) is 0.782. The van der Waals surface area contributed by atoms with Crippen LogP contribution >= 0.6 is 11.3 Å². The Morgan fingerprint density at radius 1 is 1.39 bits per heavy atom. The van der Waals surface area contributed by atoms with Gasteiger partial charge >= 0.3 is 0 Å². The van der Waals surface area contributed by atoms with Crippen LogP contribution in [0.1, 0.15) is 11.8 Å². The molecule has 0 aliphatic carbocycles. The molecule has 0 aliphatic rings. The lowest BCUT2D eigenvalue weighted by atomic mass is 10.2. The van der Waals surface area contributed by atoms with Crippen LogP contribution in [0.5, 0.6) is 0 Å². The van der Waals surface area contributed by atoms with Gasteiger partial charge in [-0.1, -0.05) is 6.07 Å². The molecule has 0 spiro atoms. The molecule has 0 fully saturated rings. The zero-order chi connectivity index (χ0) is 12.4. The number of hydrogen-bond acceptors (Lipinski definition) is 4. The van der Waals surface area contributed by atoms with E-state index in [9.17, 15) is 0 Å². The van der Waals surface area contributed by atoms with Crippen molar-refractivity contribution in [3.63, 3.8) is 0 Å². The van der Waals surface area contributed by atoms with Gasteiger partial charge in [-0.2, -0.15) is 5.10 Å². The standard InChI is InChI=1S/C13H14N4S/c1-10(9-11-3-2-8-18-11)15-12-5-7-17-13(16-12)4-6-14-17/h2-8,10H,9H2,1H3,(H,15,16). The summed E-state index contributed by atoms with van der Waals surface area (Å²) in [6.07, 6.45) is 4.69. The fourth-order valence-electron chi connectivity index (χ4n) is 1.93. The first-order chi connectivity index (χ1) is 8.81. The van der Waals surface area contributed by atoms with Crippen molar-refractivity contribution in [1.82, 2.24) is 14.6 Å². The third-order valence-electron chi connectivity index (χ3n) is 2.74. The number of rotatable bonds is 4. The van der Waals surface area contributed by atoms with Crippen molar-refractivity contribution < 1.29 is 0 Å². The van der Waals surface area contributed by atoms with Gasteiger partial charge in [0.05, 0.1) is 6.20 Å². The third-order valence-corrected chi connectivity index (χ3v) is 3.64. The number of anilines is 1. The van der Waals surface area contributed by atoms with Crippen molar-refractivity contribution in [3.8, 4) is 0 Å². The molecule has 4 nitrogen and oxygen atoms in total. The molecule has 3 rings (SSSR count). The number of nitrogens with one attached hydrogen (secondary N) is 1. The molecule has 3 aromatic rings. The Labute approximate surface area is 109 Å². The molecule has 0 amide bonds. The molecule has 0 bridgehead atoms. The molecule has 0 aliphatic heterocycles. The minimum atomic E-state index is 0.363. The highest BCUT2D eigenvalue weighted by molar-refractivity contribution is 7.09. The van der Waals surface area contributed by atoms with E-state index in [2.05, 4.69) is 39.8 Å². The van der Waals surface area contributed by atoms with Crippen molar-refractivity contribution in [2.24, 2.45) is 0 Å². The molecule has 0 radical (unpaired) electrons. The van der Waals surface area contributed by atoms with E-state index in [4.69, 9.17) is 0 Å². The van der Waals surface area contributed by atoms with Crippen molar-refractivity contribution in [3.05, 3.63) is 46.9 Å². The number of aromatic nitrogens is 3. The molecule has 18 heavy (non-hydrogen) atoms. The highest BCUT2D eigenvalue weighted by Gasteiger charge is 2.06. The van der Waals surface area contributed by atoms with E-state index in [-0.39, 0.29) is 0 Å². The maximum absolute atomic E-state index is 4.50. The second kappa shape index (κ2) is 4.78. The fourth-order valence-corrected chi connectivity index (χ4v) is 2.76. The van der Waals surface area contributed by atoms with Crippen LogP contribution < -0.4 is 5.32 Å². The molecule has 1 N–H and O–H groups in total. The monoisotopic (exact) mass is 258 g/mol. The molecule has 0 aromatic carbocycles. The van der Waals surface area contributed by atoms with Crippen LogP contribution in [0, 0.1) is 0 Å². The summed E-state index contributed by atoms with van der Waals surface area (Å²) in [5, 5.41) is 9.65. The lowest BCUT2D eigenvalue weighted by Gasteiger charge is -2.13. The smallest absolute Gasteiger partial charge is 0.157 e. The minimum Gasteiger partial charge on any atom is -0.367 e. The lowest BCUT2D eigenvalue weighted by molar-refractivity contribution is 0.792. The SMILES string of the molecule is CC(Cc1cccs1)Nc1ccn2nccc2n1. The van der Waals surface area contributed by atoms with Crippen LogP contribution in [0.25, 0.3) is 5.65 Å². The summed E-state index contributed by atoms with van der Waals surface area (Å²) in [5.41, 5.74) is 0.864. The summed E-state index contributed by atoms with van der Waals surface area (Å²) in [5.74, 6) is 0.895. The molecule has 92 valence electrons. The van der Waals surface area contributed by atoms with Crippen molar-refractivity contribution in [1.29, 1.82) is 0 Å². The summed E-state index contributed by atoms with van der Waals surface area (Å²) in [6.45, 7) is 2.17. The summed E-state index contributed by atoms with van der Waals surface area (Å²) >= 11 is 1.79. The lowest BCUT2D eigenvalue weighted by Crippen LogP contribution is -2.18. The fraction of sp³-hybridized carbons (Fsp3) is 0.231. The van der Waals surface area contributed by atoms with Gasteiger partial charge in [0.2, 0.25) is 0 Å². The molecular formula is C13H14N4S. The number of thiophene rings is 1. The summed E-state index contributed by atoms with van der Waals surface area (Å²) in [7, 11) is 0. The van der Waals surface area contributed by atoms with E-state index in [1.807, 2.05) is 18.3 Å². The minimum absolute atomic E-state index is 0.363. The topological polar surface area (TPSA) is 42.2 Å². The Bertz CT molecular complexity index is 629. The van der Waals surface area contributed by atoms with E-state index < -0.39 is 0 Å². The van der Waals surface area contributed by atoms with E-state index in [1.54, 1.807) is 22.0 Å². The van der Waals surface area contributed by atoms with Crippen LogP contribution in [0.3, 0.4) is 0 Å². The van der Waals surface area contributed by atoms with Crippen LogP contribution in [0.4, 0.5) is 5.82 Å². The molecule has 0 saturated heterocycles. The molecule has 3 aromatic heterocycles. The average Bonchev–Trinajstić information content (AvgIpc) is 2.98. The van der Waals surface area contributed by atoms with Crippen molar-refractivity contribution in [2.75, 3.05) is 5.32 Å². The van der Waals surface area contributed by atoms with Gasteiger partial charge in [-0.25, -0.2) is 9.50 Å². The van der Waals surface area contributed by atoms with Gasteiger partial charge in [-0.3, -0.25) is 0 Å². The van der Waals surface area contributed by atoms with Crippen molar-refractivity contribution >= 4 is 22.8 Å².